The maximum atomic E-state index is 4.53. The Kier molecular flexibility index (Phi) is 6.10. The molecule has 0 spiro atoms. The van der Waals surface area contributed by atoms with Gasteiger partial charge < -0.3 is 15.1 Å². The Morgan fingerprint density at radius 2 is 1.66 bits per heavy atom. The van der Waals surface area contributed by atoms with Gasteiger partial charge in [0.25, 0.3) is 0 Å². The van der Waals surface area contributed by atoms with Crippen LogP contribution in [0, 0.1) is 0 Å². The molecular weight excluding hydrogens is 360 g/mol. The molecule has 4 rings (SSSR count). The van der Waals surface area contributed by atoms with E-state index in [4.69, 9.17) is 0 Å². The predicted octanol–water partition coefficient (Wildman–Crippen LogP) is 2.83. The van der Waals surface area contributed by atoms with Crippen molar-refractivity contribution in [1.82, 2.24) is 20.0 Å². The van der Waals surface area contributed by atoms with E-state index in [9.17, 15) is 0 Å². The smallest absolute Gasteiger partial charge is 0.194 e. The summed E-state index contributed by atoms with van der Waals surface area (Å²) in [6.07, 6.45) is 3.81. The molecule has 2 heterocycles. The molecule has 0 saturated carbocycles. The first-order chi connectivity index (χ1) is 14.3. The standard InChI is InChI=1S/C23H28N6/c1-24-23(28-16-14-27(15-17-28)22-10-3-2-4-11-22)25-18-20-8-5-6-9-21(20)19-29-13-7-12-26-29/h2-13H,14-19H2,1H3,(H,24,25). The molecular formula is C23H28N6. The van der Waals surface area contributed by atoms with Crippen molar-refractivity contribution in [2.24, 2.45) is 4.99 Å². The first-order valence-electron chi connectivity index (χ1n) is 10.1. The van der Waals surface area contributed by atoms with Gasteiger partial charge >= 0.3 is 0 Å². The molecule has 150 valence electrons. The molecule has 29 heavy (non-hydrogen) atoms. The number of hydrogen-bond acceptors (Lipinski definition) is 3. The lowest BCUT2D eigenvalue weighted by Crippen LogP contribution is -2.52. The van der Waals surface area contributed by atoms with Crippen molar-refractivity contribution in [3.05, 3.63) is 84.2 Å². The van der Waals surface area contributed by atoms with Crippen molar-refractivity contribution in [3.8, 4) is 0 Å². The number of aliphatic imine (C=N–C) groups is 1. The summed E-state index contributed by atoms with van der Waals surface area (Å²) in [6, 6.07) is 21.1. The lowest BCUT2D eigenvalue weighted by molar-refractivity contribution is 0.372. The highest BCUT2D eigenvalue weighted by Gasteiger charge is 2.19. The summed E-state index contributed by atoms with van der Waals surface area (Å²) in [5.74, 6) is 0.964. The Balaban J connectivity index is 1.35. The first kappa shape index (κ1) is 19.1. The van der Waals surface area contributed by atoms with Crippen molar-refractivity contribution in [1.29, 1.82) is 0 Å². The summed E-state index contributed by atoms with van der Waals surface area (Å²) >= 11 is 0. The third-order valence-corrected chi connectivity index (χ3v) is 5.36. The van der Waals surface area contributed by atoms with Gasteiger partial charge in [-0.15, -0.1) is 0 Å². The van der Waals surface area contributed by atoms with Crippen LogP contribution in [0.3, 0.4) is 0 Å². The Morgan fingerprint density at radius 1 is 0.931 bits per heavy atom. The number of benzene rings is 2. The summed E-state index contributed by atoms with van der Waals surface area (Å²) in [7, 11) is 1.86. The second-order valence-corrected chi connectivity index (χ2v) is 7.18. The number of hydrogen-bond donors (Lipinski definition) is 1. The van der Waals surface area contributed by atoms with E-state index in [1.54, 1.807) is 0 Å². The fourth-order valence-corrected chi connectivity index (χ4v) is 3.77. The Labute approximate surface area is 172 Å². The number of rotatable bonds is 5. The van der Waals surface area contributed by atoms with E-state index in [0.29, 0.717) is 0 Å². The molecule has 0 atom stereocenters. The van der Waals surface area contributed by atoms with Crippen LogP contribution in [0.25, 0.3) is 0 Å². The topological polar surface area (TPSA) is 48.7 Å². The zero-order valence-electron chi connectivity index (χ0n) is 16.9. The van der Waals surface area contributed by atoms with E-state index in [-0.39, 0.29) is 0 Å². The van der Waals surface area contributed by atoms with Crippen molar-refractivity contribution < 1.29 is 0 Å². The van der Waals surface area contributed by atoms with Crippen LogP contribution in [0.4, 0.5) is 5.69 Å². The predicted molar refractivity (Wildman–Crippen MR) is 118 cm³/mol. The van der Waals surface area contributed by atoms with E-state index in [1.165, 1.54) is 16.8 Å². The van der Waals surface area contributed by atoms with Gasteiger partial charge in [0.2, 0.25) is 0 Å². The minimum absolute atomic E-state index is 0.753. The van der Waals surface area contributed by atoms with Gasteiger partial charge in [-0.3, -0.25) is 9.67 Å². The molecule has 3 aromatic rings. The Bertz CT molecular complexity index is 912. The Morgan fingerprint density at radius 3 is 2.34 bits per heavy atom. The van der Waals surface area contributed by atoms with Crippen LogP contribution in [0.2, 0.25) is 0 Å². The molecule has 0 aliphatic carbocycles. The fraction of sp³-hybridized carbons (Fsp3) is 0.304. The van der Waals surface area contributed by atoms with E-state index in [2.05, 4.69) is 79.8 Å². The van der Waals surface area contributed by atoms with Gasteiger partial charge in [0.05, 0.1) is 6.54 Å². The number of guanidine groups is 1. The average molecular weight is 389 g/mol. The Hall–Kier alpha value is -3.28. The highest BCUT2D eigenvalue weighted by Crippen LogP contribution is 2.16. The fourth-order valence-electron chi connectivity index (χ4n) is 3.77. The van der Waals surface area contributed by atoms with Gasteiger partial charge in [-0.1, -0.05) is 42.5 Å². The van der Waals surface area contributed by atoms with E-state index >= 15 is 0 Å². The second-order valence-electron chi connectivity index (χ2n) is 7.18. The number of aromatic nitrogens is 2. The molecule has 0 unspecified atom stereocenters. The monoisotopic (exact) mass is 388 g/mol. The van der Waals surface area contributed by atoms with Crippen LogP contribution in [-0.4, -0.2) is 53.9 Å². The maximum Gasteiger partial charge on any atom is 0.194 e. The molecule has 1 fully saturated rings. The summed E-state index contributed by atoms with van der Waals surface area (Å²) in [6.45, 7) is 5.45. The molecule has 2 aromatic carbocycles. The lowest BCUT2D eigenvalue weighted by Gasteiger charge is -2.37. The molecule has 0 radical (unpaired) electrons. The minimum Gasteiger partial charge on any atom is -0.368 e. The number of nitrogens with zero attached hydrogens (tertiary/aromatic N) is 5. The van der Waals surface area contributed by atoms with Crippen molar-refractivity contribution in [2.75, 3.05) is 38.1 Å². The highest BCUT2D eigenvalue weighted by atomic mass is 15.3. The summed E-state index contributed by atoms with van der Waals surface area (Å²) in [5.41, 5.74) is 3.84. The second kappa shape index (κ2) is 9.28. The largest absolute Gasteiger partial charge is 0.368 e. The quantitative estimate of drug-likeness (QED) is 0.539. The molecule has 1 aliphatic heterocycles. The average Bonchev–Trinajstić information content (AvgIpc) is 3.29. The van der Waals surface area contributed by atoms with Crippen LogP contribution in [0.15, 0.2) is 78.0 Å². The number of nitrogens with one attached hydrogen (secondary N) is 1. The van der Waals surface area contributed by atoms with Gasteiger partial charge in [0.1, 0.15) is 0 Å². The maximum absolute atomic E-state index is 4.53. The van der Waals surface area contributed by atoms with Crippen LogP contribution >= 0.6 is 0 Å². The van der Waals surface area contributed by atoms with E-state index < -0.39 is 0 Å². The van der Waals surface area contributed by atoms with Crippen LogP contribution in [-0.2, 0) is 13.1 Å². The molecule has 1 saturated heterocycles. The molecule has 0 amide bonds. The van der Waals surface area contributed by atoms with Gasteiger partial charge in [-0.25, -0.2) is 0 Å². The zero-order chi connectivity index (χ0) is 19.9. The van der Waals surface area contributed by atoms with Gasteiger partial charge in [0, 0.05) is 57.9 Å². The summed E-state index contributed by atoms with van der Waals surface area (Å²) < 4.78 is 1.95. The third kappa shape index (κ3) is 4.77. The molecule has 1 aromatic heterocycles. The first-order valence-corrected chi connectivity index (χ1v) is 10.1. The normalized spacial score (nSPS) is 14.9. The van der Waals surface area contributed by atoms with Crippen molar-refractivity contribution in [3.63, 3.8) is 0 Å². The third-order valence-electron chi connectivity index (χ3n) is 5.36. The molecule has 1 aliphatic rings. The van der Waals surface area contributed by atoms with E-state index in [0.717, 1.165) is 45.2 Å². The zero-order valence-corrected chi connectivity index (χ0v) is 16.9. The van der Waals surface area contributed by atoms with Crippen molar-refractivity contribution >= 4 is 11.6 Å². The molecule has 0 bridgehead atoms. The van der Waals surface area contributed by atoms with Gasteiger partial charge in [-0.2, -0.15) is 5.10 Å². The summed E-state index contributed by atoms with van der Waals surface area (Å²) in [4.78, 5) is 9.30. The molecule has 6 nitrogen and oxygen atoms in total. The molecule has 1 N–H and O–H groups in total. The lowest BCUT2D eigenvalue weighted by atomic mass is 10.1. The van der Waals surface area contributed by atoms with Crippen LogP contribution < -0.4 is 10.2 Å². The minimum atomic E-state index is 0.753. The number of anilines is 1. The van der Waals surface area contributed by atoms with Crippen molar-refractivity contribution in [2.45, 2.75) is 13.1 Å². The molecule has 6 heteroatoms. The SMILES string of the molecule is CN=C(NCc1ccccc1Cn1cccn1)N1CCN(c2ccccc2)CC1. The van der Waals surface area contributed by atoms with Crippen LogP contribution in [0.1, 0.15) is 11.1 Å². The highest BCUT2D eigenvalue weighted by molar-refractivity contribution is 5.80. The summed E-state index contributed by atoms with van der Waals surface area (Å²) in [5, 5.41) is 7.89. The van der Waals surface area contributed by atoms with E-state index in [1.807, 2.05) is 30.2 Å². The van der Waals surface area contributed by atoms with Crippen LogP contribution in [0.5, 0.6) is 0 Å². The number of para-hydroxylation sites is 1. The number of piperazine rings is 1. The van der Waals surface area contributed by atoms with Gasteiger partial charge in [0.15, 0.2) is 5.96 Å². The van der Waals surface area contributed by atoms with Gasteiger partial charge in [-0.05, 0) is 29.3 Å².